The highest BCUT2D eigenvalue weighted by atomic mass is 32.2. The van der Waals surface area contributed by atoms with Crippen LogP contribution in [0.2, 0.25) is 0 Å². The summed E-state index contributed by atoms with van der Waals surface area (Å²) < 4.78 is 12.7. The van der Waals surface area contributed by atoms with Crippen molar-refractivity contribution in [3.8, 4) is 5.69 Å². The molecule has 0 bridgehead atoms. The summed E-state index contributed by atoms with van der Waals surface area (Å²) in [7, 11) is 0. The lowest BCUT2D eigenvalue weighted by Gasteiger charge is -2.27. The first-order valence-corrected chi connectivity index (χ1v) is 12.0. The van der Waals surface area contributed by atoms with E-state index in [0.29, 0.717) is 24.3 Å². The Hall–Kier alpha value is -3.10. The van der Waals surface area contributed by atoms with Crippen molar-refractivity contribution in [1.82, 2.24) is 9.55 Å². The Bertz CT molecular complexity index is 1150. The molecule has 3 aromatic rings. The van der Waals surface area contributed by atoms with Gasteiger partial charge in [-0.15, -0.1) is 11.8 Å². The summed E-state index contributed by atoms with van der Waals surface area (Å²) in [6, 6.07) is 13.5. The minimum atomic E-state index is -0.564. The molecule has 2 aromatic heterocycles. The fraction of sp³-hybridized carbons (Fsp3) is 0.320. The Labute approximate surface area is 197 Å². The molecule has 3 heterocycles. The van der Waals surface area contributed by atoms with E-state index in [9.17, 15) is 9.59 Å². The molecule has 0 aliphatic carbocycles. The molecule has 8 heteroatoms. The van der Waals surface area contributed by atoms with Crippen molar-refractivity contribution in [3.63, 3.8) is 0 Å². The van der Waals surface area contributed by atoms with E-state index in [1.807, 2.05) is 42.9 Å². The number of hydrogen-bond acceptors (Lipinski definition) is 7. The molecule has 0 amide bonds. The quantitative estimate of drug-likeness (QED) is 0.296. The number of thioether (sulfide) groups is 1. The van der Waals surface area contributed by atoms with Crippen molar-refractivity contribution >= 4 is 29.3 Å². The van der Waals surface area contributed by atoms with Gasteiger partial charge in [0, 0.05) is 46.8 Å². The molecule has 0 spiro atoms. The van der Waals surface area contributed by atoms with Crippen LogP contribution in [0.1, 0.15) is 32.1 Å². The number of carbonyl (C=O) groups is 2. The normalized spacial score (nSPS) is 13.7. The molecule has 0 N–H and O–H groups in total. The van der Waals surface area contributed by atoms with E-state index in [1.54, 1.807) is 23.9 Å². The zero-order valence-corrected chi connectivity index (χ0v) is 19.9. The second kappa shape index (κ2) is 10.2. The van der Waals surface area contributed by atoms with Crippen LogP contribution < -0.4 is 4.90 Å². The van der Waals surface area contributed by atoms with E-state index in [2.05, 4.69) is 22.0 Å². The molecule has 172 valence electrons. The smallest absolute Gasteiger partial charge is 0.340 e. The Morgan fingerprint density at radius 2 is 1.91 bits per heavy atom. The highest BCUT2D eigenvalue weighted by molar-refractivity contribution is 7.98. The molecule has 1 aliphatic rings. The van der Waals surface area contributed by atoms with Crippen molar-refractivity contribution in [2.24, 2.45) is 0 Å². The first kappa shape index (κ1) is 23.1. The van der Waals surface area contributed by atoms with Crippen molar-refractivity contribution in [2.75, 3.05) is 44.1 Å². The topological polar surface area (TPSA) is 73.7 Å². The average Bonchev–Trinajstić information content (AvgIpc) is 3.16. The maximum atomic E-state index is 12.9. The molecule has 0 atom stereocenters. The molecule has 1 aromatic carbocycles. The number of Topliss-reactive ketones (excluding diaryl/α,β-unsaturated/α-hetero) is 1. The van der Waals surface area contributed by atoms with Crippen LogP contribution in [0.3, 0.4) is 0 Å². The van der Waals surface area contributed by atoms with E-state index >= 15 is 0 Å². The van der Waals surface area contributed by atoms with Gasteiger partial charge in [-0.1, -0.05) is 6.07 Å². The van der Waals surface area contributed by atoms with Crippen molar-refractivity contribution < 1.29 is 19.1 Å². The predicted octanol–water partition coefficient (Wildman–Crippen LogP) is 4.09. The van der Waals surface area contributed by atoms with Crippen molar-refractivity contribution in [2.45, 2.75) is 18.7 Å². The second-order valence-electron chi connectivity index (χ2n) is 7.83. The number of ether oxygens (including phenoxy) is 2. The number of ketones is 1. The monoisotopic (exact) mass is 465 g/mol. The van der Waals surface area contributed by atoms with Gasteiger partial charge in [-0.25, -0.2) is 9.78 Å². The molecule has 1 fully saturated rings. The summed E-state index contributed by atoms with van der Waals surface area (Å²) in [6.07, 6.45) is 3.52. The Kier molecular flexibility index (Phi) is 7.15. The molecular formula is C25H27N3O4S. The van der Waals surface area contributed by atoms with Gasteiger partial charge in [0.1, 0.15) is 5.82 Å². The van der Waals surface area contributed by atoms with Gasteiger partial charge >= 0.3 is 5.97 Å². The third-order valence-electron chi connectivity index (χ3n) is 5.70. The molecule has 7 nitrogen and oxygen atoms in total. The van der Waals surface area contributed by atoms with E-state index in [-0.39, 0.29) is 12.4 Å². The number of anilines is 1. The summed E-state index contributed by atoms with van der Waals surface area (Å²) in [4.78, 5) is 32.9. The van der Waals surface area contributed by atoms with Crippen LogP contribution in [0.4, 0.5) is 5.82 Å². The first-order valence-electron chi connectivity index (χ1n) is 10.8. The van der Waals surface area contributed by atoms with Crippen LogP contribution in [0.5, 0.6) is 0 Å². The summed E-state index contributed by atoms with van der Waals surface area (Å²) in [5.41, 5.74) is 3.64. The Morgan fingerprint density at radius 1 is 1.12 bits per heavy atom. The summed E-state index contributed by atoms with van der Waals surface area (Å²) >= 11 is 1.67. The standard InChI is InChI=1S/C25H27N3O4S/c1-17-13-22(18(2)28(17)20-5-4-6-21(14-20)33-3)23(29)16-32-25(30)19-7-8-24(26-15-19)27-9-11-31-12-10-27/h4-8,13-15H,9-12,16H2,1-3H3. The van der Waals surface area contributed by atoms with Crippen LogP contribution in [0.25, 0.3) is 5.69 Å². The first-order chi connectivity index (χ1) is 16.0. The summed E-state index contributed by atoms with van der Waals surface area (Å²) in [6.45, 7) is 6.41. The van der Waals surface area contributed by atoms with Gasteiger partial charge in [0.15, 0.2) is 6.61 Å². The van der Waals surface area contributed by atoms with Crippen LogP contribution in [0, 0.1) is 13.8 Å². The van der Waals surface area contributed by atoms with Crippen LogP contribution in [-0.4, -0.2) is 60.5 Å². The number of carbonyl (C=O) groups excluding carboxylic acids is 2. The third-order valence-corrected chi connectivity index (χ3v) is 6.42. The summed E-state index contributed by atoms with van der Waals surface area (Å²) in [5, 5.41) is 0. The number of hydrogen-bond donors (Lipinski definition) is 0. The zero-order chi connectivity index (χ0) is 23.4. The minimum Gasteiger partial charge on any atom is -0.454 e. The second-order valence-corrected chi connectivity index (χ2v) is 8.71. The highest BCUT2D eigenvalue weighted by Crippen LogP contribution is 2.25. The lowest BCUT2D eigenvalue weighted by Crippen LogP contribution is -2.36. The van der Waals surface area contributed by atoms with Crippen LogP contribution in [-0.2, 0) is 9.47 Å². The van der Waals surface area contributed by atoms with Crippen molar-refractivity contribution in [3.05, 3.63) is 71.2 Å². The SMILES string of the molecule is CSc1cccc(-n2c(C)cc(C(=O)COC(=O)c3ccc(N4CCOCC4)nc3)c2C)c1. The van der Waals surface area contributed by atoms with Gasteiger partial charge in [-0.3, -0.25) is 4.79 Å². The van der Waals surface area contributed by atoms with Gasteiger partial charge in [-0.05, 0) is 56.5 Å². The molecule has 4 rings (SSSR count). The van der Waals surface area contributed by atoms with Crippen LogP contribution >= 0.6 is 11.8 Å². The maximum absolute atomic E-state index is 12.9. The van der Waals surface area contributed by atoms with E-state index < -0.39 is 5.97 Å². The molecule has 1 aliphatic heterocycles. The number of nitrogens with zero attached hydrogens (tertiary/aromatic N) is 3. The van der Waals surface area contributed by atoms with E-state index in [0.717, 1.165) is 40.9 Å². The molecule has 0 saturated carbocycles. The van der Waals surface area contributed by atoms with Gasteiger partial charge in [0.25, 0.3) is 0 Å². The van der Waals surface area contributed by atoms with Gasteiger partial charge < -0.3 is 18.9 Å². The van der Waals surface area contributed by atoms with Crippen LogP contribution in [0.15, 0.2) is 53.6 Å². The average molecular weight is 466 g/mol. The largest absolute Gasteiger partial charge is 0.454 e. The molecule has 33 heavy (non-hydrogen) atoms. The lowest BCUT2D eigenvalue weighted by molar-refractivity contribution is 0.0474. The molecule has 1 saturated heterocycles. The molecule has 0 unspecified atom stereocenters. The fourth-order valence-corrected chi connectivity index (χ4v) is 4.42. The number of rotatable bonds is 7. The van der Waals surface area contributed by atoms with E-state index in [4.69, 9.17) is 9.47 Å². The number of aryl methyl sites for hydroxylation is 1. The maximum Gasteiger partial charge on any atom is 0.340 e. The van der Waals surface area contributed by atoms with Gasteiger partial charge in [-0.2, -0.15) is 0 Å². The number of aromatic nitrogens is 2. The highest BCUT2D eigenvalue weighted by Gasteiger charge is 2.19. The Balaban J connectivity index is 1.42. The third kappa shape index (κ3) is 5.12. The minimum absolute atomic E-state index is 0.235. The zero-order valence-electron chi connectivity index (χ0n) is 19.0. The number of morpholine rings is 1. The van der Waals surface area contributed by atoms with Gasteiger partial charge in [0.05, 0.1) is 18.8 Å². The van der Waals surface area contributed by atoms with E-state index in [1.165, 1.54) is 6.20 Å². The summed E-state index contributed by atoms with van der Waals surface area (Å²) in [5.74, 6) is -0.00335. The fourth-order valence-electron chi connectivity index (χ4n) is 3.97. The predicted molar refractivity (Wildman–Crippen MR) is 129 cm³/mol. The molecule has 0 radical (unpaired) electrons. The lowest BCUT2D eigenvalue weighted by atomic mass is 10.1. The number of pyridine rings is 1. The molecular weight excluding hydrogens is 438 g/mol. The van der Waals surface area contributed by atoms with Gasteiger partial charge in [0.2, 0.25) is 5.78 Å². The van der Waals surface area contributed by atoms with Crippen molar-refractivity contribution in [1.29, 1.82) is 0 Å². The Morgan fingerprint density at radius 3 is 2.61 bits per heavy atom. The number of benzene rings is 1. The number of esters is 1.